The maximum Gasteiger partial charge on any atom is 0.267 e. The van der Waals surface area contributed by atoms with Crippen LogP contribution < -0.4 is 9.46 Å². The number of nitrogens with zero attached hydrogens (tertiary/aromatic N) is 1. The molecule has 0 atom stereocenters. The summed E-state index contributed by atoms with van der Waals surface area (Å²) < 4.78 is 32.9. The number of hydrogen-bond acceptors (Lipinski definition) is 6. The zero-order chi connectivity index (χ0) is 16.4. The third kappa shape index (κ3) is 3.39. The van der Waals surface area contributed by atoms with E-state index in [2.05, 4.69) is 9.71 Å². The van der Waals surface area contributed by atoms with E-state index in [1.807, 2.05) is 29.8 Å². The molecule has 2 aromatic heterocycles. The lowest BCUT2D eigenvalue weighted by Crippen LogP contribution is -2.14. The van der Waals surface area contributed by atoms with Crippen molar-refractivity contribution in [1.29, 1.82) is 0 Å². The Balaban J connectivity index is 1.91. The molecule has 0 saturated heterocycles. The molecule has 120 valence electrons. The standard InChI is InChI=1S/C15H14N2O3S3/c1-10-5-6-12(20-2)14(8-10)23(18,19)17-15-16-11(9-22-15)13-4-3-7-21-13/h3-9H,1-2H3,(H,16,17). The van der Waals surface area contributed by atoms with Crippen LogP contribution in [0.4, 0.5) is 5.13 Å². The van der Waals surface area contributed by atoms with Gasteiger partial charge in [0.15, 0.2) is 5.13 Å². The lowest BCUT2D eigenvalue weighted by Gasteiger charge is -2.10. The van der Waals surface area contributed by atoms with Gasteiger partial charge < -0.3 is 4.74 Å². The van der Waals surface area contributed by atoms with E-state index in [1.54, 1.807) is 29.5 Å². The predicted molar refractivity (Wildman–Crippen MR) is 94.0 cm³/mol. The van der Waals surface area contributed by atoms with Crippen LogP contribution in [-0.2, 0) is 10.0 Å². The number of hydrogen-bond donors (Lipinski definition) is 1. The van der Waals surface area contributed by atoms with Crippen LogP contribution in [0, 0.1) is 6.92 Å². The molecule has 3 rings (SSSR count). The summed E-state index contributed by atoms with van der Waals surface area (Å²) in [5, 5.41) is 4.12. The minimum absolute atomic E-state index is 0.105. The second kappa shape index (κ2) is 6.31. The average molecular weight is 366 g/mol. The molecular formula is C15H14N2O3S3. The summed E-state index contributed by atoms with van der Waals surface area (Å²) >= 11 is 2.81. The van der Waals surface area contributed by atoms with Crippen molar-refractivity contribution in [3.63, 3.8) is 0 Å². The van der Waals surface area contributed by atoms with Gasteiger partial charge in [0.25, 0.3) is 10.0 Å². The molecule has 0 unspecified atom stereocenters. The molecule has 5 nitrogen and oxygen atoms in total. The van der Waals surface area contributed by atoms with Gasteiger partial charge in [-0.2, -0.15) is 0 Å². The Labute approximate surface area is 142 Å². The number of aromatic nitrogens is 1. The number of ether oxygens (including phenoxy) is 1. The lowest BCUT2D eigenvalue weighted by molar-refractivity contribution is 0.402. The molecular weight excluding hydrogens is 352 g/mol. The molecule has 8 heteroatoms. The summed E-state index contributed by atoms with van der Waals surface area (Å²) in [5.41, 5.74) is 1.60. The van der Waals surface area contributed by atoms with Gasteiger partial charge in [-0.1, -0.05) is 12.1 Å². The highest BCUT2D eigenvalue weighted by molar-refractivity contribution is 7.93. The molecule has 3 aromatic rings. The van der Waals surface area contributed by atoms with Crippen molar-refractivity contribution in [1.82, 2.24) is 4.98 Å². The average Bonchev–Trinajstić information content (AvgIpc) is 3.17. The smallest absolute Gasteiger partial charge is 0.267 e. The Morgan fingerprint density at radius 3 is 2.74 bits per heavy atom. The van der Waals surface area contributed by atoms with Crippen molar-refractivity contribution in [3.8, 4) is 16.3 Å². The number of methoxy groups -OCH3 is 1. The molecule has 0 bridgehead atoms. The van der Waals surface area contributed by atoms with Crippen molar-refractivity contribution < 1.29 is 13.2 Å². The van der Waals surface area contributed by atoms with E-state index in [1.165, 1.54) is 18.4 Å². The first-order valence-electron chi connectivity index (χ1n) is 6.66. The molecule has 0 spiro atoms. The van der Waals surface area contributed by atoms with E-state index in [-0.39, 0.29) is 4.90 Å². The lowest BCUT2D eigenvalue weighted by atomic mass is 10.2. The highest BCUT2D eigenvalue weighted by atomic mass is 32.2. The van der Waals surface area contributed by atoms with Crippen LogP contribution >= 0.6 is 22.7 Å². The maximum atomic E-state index is 12.6. The second-order valence-electron chi connectivity index (χ2n) is 4.78. The van der Waals surface area contributed by atoms with Crippen LogP contribution in [0.2, 0.25) is 0 Å². The van der Waals surface area contributed by atoms with Gasteiger partial charge in [-0.25, -0.2) is 13.4 Å². The maximum absolute atomic E-state index is 12.6. The van der Waals surface area contributed by atoms with Gasteiger partial charge in [-0.05, 0) is 36.1 Å². The van der Waals surface area contributed by atoms with Gasteiger partial charge in [-0.15, -0.1) is 22.7 Å². The number of benzene rings is 1. The van der Waals surface area contributed by atoms with E-state index in [0.717, 1.165) is 16.1 Å². The third-order valence-corrected chi connectivity index (χ3v) is 6.25. The fourth-order valence-corrected chi connectivity index (χ4v) is 5.00. The molecule has 2 heterocycles. The minimum atomic E-state index is -3.76. The van der Waals surface area contributed by atoms with Crippen LogP contribution in [0.5, 0.6) is 5.75 Å². The Morgan fingerprint density at radius 2 is 2.04 bits per heavy atom. The highest BCUT2D eigenvalue weighted by Crippen LogP contribution is 2.31. The van der Waals surface area contributed by atoms with Crippen LogP contribution in [0.25, 0.3) is 10.6 Å². The van der Waals surface area contributed by atoms with Crippen LogP contribution in [-0.4, -0.2) is 20.5 Å². The summed E-state index contributed by atoms with van der Waals surface area (Å²) in [6, 6.07) is 8.90. The summed E-state index contributed by atoms with van der Waals surface area (Å²) in [6.45, 7) is 1.83. The van der Waals surface area contributed by atoms with E-state index in [0.29, 0.717) is 10.9 Å². The Bertz CT molecular complexity index is 915. The van der Waals surface area contributed by atoms with Gasteiger partial charge >= 0.3 is 0 Å². The van der Waals surface area contributed by atoms with Crippen molar-refractivity contribution >= 4 is 37.8 Å². The van der Waals surface area contributed by atoms with Crippen molar-refractivity contribution in [2.75, 3.05) is 11.8 Å². The largest absolute Gasteiger partial charge is 0.495 e. The first-order chi connectivity index (χ1) is 11.0. The van der Waals surface area contributed by atoms with Gasteiger partial charge in [0.05, 0.1) is 17.7 Å². The monoisotopic (exact) mass is 366 g/mol. The van der Waals surface area contributed by atoms with E-state index >= 15 is 0 Å². The number of thiophene rings is 1. The topological polar surface area (TPSA) is 68.3 Å². The molecule has 1 N–H and O–H groups in total. The Morgan fingerprint density at radius 1 is 1.22 bits per heavy atom. The molecule has 0 aliphatic heterocycles. The number of sulfonamides is 1. The van der Waals surface area contributed by atoms with Crippen molar-refractivity contribution in [2.45, 2.75) is 11.8 Å². The fraction of sp³-hybridized carbons (Fsp3) is 0.133. The van der Waals surface area contributed by atoms with Crippen LogP contribution in [0.1, 0.15) is 5.56 Å². The zero-order valence-electron chi connectivity index (χ0n) is 12.4. The number of nitrogens with one attached hydrogen (secondary N) is 1. The van der Waals surface area contributed by atoms with Crippen LogP contribution in [0.3, 0.4) is 0 Å². The zero-order valence-corrected chi connectivity index (χ0v) is 14.9. The Kier molecular flexibility index (Phi) is 4.38. The molecule has 0 saturated carbocycles. The summed E-state index contributed by atoms with van der Waals surface area (Å²) in [7, 11) is -2.31. The first kappa shape index (κ1) is 16.0. The molecule has 23 heavy (non-hydrogen) atoms. The summed E-state index contributed by atoms with van der Waals surface area (Å²) in [5.74, 6) is 0.304. The molecule has 0 aliphatic carbocycles. The number of thiazole rings is 1. The van der Waals surface area contributed by atoms with E-state index in [9.17, 15) is 8.42 Å². The number of anilines is 1. The first-order valence-corrected chi connectivity index (χ1v) is 9.91. The summed E-state index contributed by atoms with van der Waals surface area (Å²) in [4.78, 5) is 5.44. The van der Waals surface area contributed by atoms with Crippen molar-refractivity contribution in [3.05, 3.63) is 46.7 Å². The highest BCUT2D eigenvalue weighted by Gasteiger charge is 2.21. The Hall–Kier alpha value is -1.90. The third-order valence-electron chi connectivity index (χ3n) is 3.11. The van der Waals surface area contributed by atoms with Gasteiger partial charge in [-0.3, -0.25) is 4.72 Å². The van der Waals surface area contributed by atoms with Gasteiger partial charge in [0, 0.05) is 5.38 Å². The quantitative estimate of drug-likeness (QED) is 0.741. The normalized spacial score (nSPS) is 11.4. The number of aryl methyl sites for hydroxylation is 1. The van der Waals surface area contributed by atoms with Gasteiger partial charge in [0.1, 0.15) is 10.6 Å². The fourth-order valence-electron chi connectivity index (χ4n) is 2.02. The molecule has 1 aromatic carbocycles. The SMILES string of the molecule is COc1ccc(C)cc1S(=O)(=O)Nc1nc(-c2cccs2)cs1. The predicted octanol–water partition coefficient (Wildman–Crippen LogP) is 3.99. The number of rotatable bonds is 5. The van der Waals surface area contributed by atoms with Gasteiger partial charge in [0.2, 0.25) is 0 Å². The molecule has 0 amide bonds. The summed E-state index contributed by atoms with van der Waals surface area (Å²) in [6.07, 6.45) is 0. The molecule has 0 fully saturated rings. The second-order valence-corrected chi connectivity index (χ2v) is 8.23. The van der Waals surface area contributed by atoms with E-state index in [4.69, 9.17) is 4.74 Å². The van der Waals surface area contributed by atoms with E-state index < -0.39 is 10.0 Å². The molecule has 0 radical (unpaired) electrons. The van der Waals surface area contributed by atoms with Crippen LogP contribution in [0.15, 0.2) is 46.0 Å². The molecule has 0 aliphatic rings. The minimum Gasteiger partial charge on any atom is -0.495 e. The van der Waals surface area contributed by atoms with Crippen molar-refractivity contribution in [2.24, 2.45) is 0 Å².